The highest BCUT2D eigenvalue weighted by molar-refractivity contribution is 4.85. The number of rotatable bonds is 3. The summed E-state index contributed by atoms with van der Waals surface area (Å²) in [4.78, 5) is 22.9. The SMILES string of the molecule is Cn1ccn(CCC2CNC2)c(=O)c1=O. The average Bonchev–Trinajstić information content (AvgIpc) is 2.15. The van der Waals surface area contributed by atoms with Crippen LogP contribution >= 0.6 is 0 Å². The first-order valence-corrected chi connectivity index (χ1v) is 5.15. The van der Waals surface area contributed by atoms with Crippen molar-refractivity contribution in [1.29, 1.82) is 0 Å². The second-order valence-corrected chi connectivity index (χ2v) is 4.03. The van der Waals surface area contributed by atoms with Crippen molar-refractivity contribution in [3.8, 4) is 0 Å². The zero-order valence-corrected chi connectivity index (χ0v) is 8.77. The molecule has 5 nitrogen and oxygen atoms in total. The number of aryl methyl sites for hydroxylation is 2. The summed E-state index contributed by atoms with van der Waals surface area (Å²) in [6, 6.07) is 0. The van der Waals surface area contributed by atoms with Crippen LogP contribution in [0.5, 0.6) is 0 Å². The number of nitrogens with one attached hydrogen (secondary N) is 1. The second-order valence-electron chi connectivity index (χ2n) is 4.03. The summed E-state index contributed by atoms with van der Waals surface area (Å²) in [5.41, 5.74) is -0.878. The summed E-state index contributed by atoms with van der Waals surface area (Å²) in [6.07, 6.45) is 4.26. The van der Waals surface area contributed by atoms with E-state index in [0.29, 0.717) is 12.5 Å². The molecule has 2 heterocycles. The summed E-state index contributed by atoms with van der Waals surface area (Å²) in [5.74, 6) is 0.654. The predicted octanol–water partition coefficient (Wildman–Crippen LogP) is -0.843. The molecule has 0 radical (unpaired) electrons. The molecule has 1 aliphatic rings. The Balaban J connectivity index is 2.11. The number of nitrogens with zero attached hydrogens (tertiary/aromatic N) is 2. The van der Waals surface area contributed by atoms with Crippen LogP contribution in [-0.2, 0) is 13.6 Å². The van der Waals surface area contributed by atoms with Gasteiger partial charge in [0.2, 0.25) is 0 Å². The normalized spacial score (nSPS) is 16.3. The molecule has 1 aromatic rings. The van der Waals surface area contributed by atoms with Crippen LogP contribution < -0.4 is 16.4 Å². The van der Waals surface area contributed by atoms with Gasteiger partial charge in [0, 0.05) is 26.0 Å². The maximum atomic E-state index is 11.5. The maximum absolute atomic E-state index is 11.5. The van der Waals surface area contributed by atoms with Crippen molar-refractivity contribution in [3.63, 3.8) is 0 Å². The van der Waals surface area contributed by atoms with Gasteiger partial charge in [-0.2, -0.15) is 0 Å². The molecule has 0 saturated carbocycles. The molecule has 0 bridgehead atoms. The van der Waals surface area contributed by atoms with Gasteiger partial charge in [0.1, 0.15) is 0 Å². The van der Waals surface area contributed by atoms with E-state index in [4.69, 9.17) is 0 Å². The number of hydrogen-bond donors (Lipinski definition) is 1. The molecule has 0 aliphatic carbocycles. The first-order chi connectivity index (χ1) is 7.18. The standard InChI is InChI=1S/C10H15N3O2/c1-12-4-5-13(10(15)9(12)14)3-2-8-6-11-7-8/h4-5,8,11H,2-3,6-7H2,1H3. The van der Waals surface area contributed by atoms with Crippen molar-refractivity contribution < 1.29 is 0 Å². The highest BCUT2D eigenvalue weighted by Gasteiger charge is 2.16. The molecule has 0 unspecified atom stereocenters. The Bertz CT molecular complexity index is 456. The Morgan fingerprint density at radius 2 is 2.07 bits per heavy atom. The molecule has 0 amide bonds. The highest BCUT2D eigenvalue weighted by Crippen LogP contribution is 2.08. The lowest BCUT2D eigenvalue weighted by atomic mass is 10.00. The smallest absolute Gasteiger partial charge is 0.316 e. The minimum atomic E-state index is -0.454. The molecule has 2 rings (SSSR count). The van der Waals surface area contributed by atoms with E-state index in [1.807, 2.05) is 0 Å². The molecule has 82 valence electrons. The van der Waals surface area contributed by atoms with Crippen LogP contribution in [0.1, 0.15) is 6.42 Å². The van der Waals surface area contributed by atoms with Crippen LogP contribution in [0.2, 0.25) is 0 Å². The fourth-order valence-electron chi connectivity index (χ4n) is 1.64. The molecule has 1 aliphatic heterocycles. The third-order valence-electron chi connectivity index (χ3n) is 2.88. The van der Waals surface area contributed by atoms with Gasteiger partial charge in [0.05, 0.1) is 0 Å². The fraction of sp³-hybridized carbons (Fsp3) is 0.600. The lowest BCUT2D eigenvalue weighted by molar-refractivity contribution is 0.310. The third kappa shape index (κ3) is 2.02. The van der Waals surface area contributed by atoms with E-state index in [1.54, 1.807) is 19.4 Å². The van der Waals surface area contributed by atoms with Gasteiger partial charge in [-0.05, 0) is 25.4 Å². The van der Waals surface area contributed by atoms with E-state index >= 15 is 0 Å². The van der Waals surface area contributed by atoms with Crippen LogP contribution in [0.3, 0.4) is 0 Å². The zero-order valence-electron chi connectivity index (χ0n) is 8.77. The molecule has 1 fully saturated rings. The fourth-order valence-corrected chi connectivity index (χ4v) is 1.64. The maximum Gasteiger partial charge on any atom is 0.316 e. The van der Waals surface area contributed by atoms with Crippen molar-refractivity contribution in [2.24, 2.45) is 13.0 Å². The van der Waals surface area contributed by atoms with Gasteiger partial charge >= 0.3 is 11.1 Å². The van der Waals surface area contributed by atoms with Crippen LogP contribution in [0.25, 0.3) is 0 Å². The van der Waals surface area contributed by atoms with Crippen LogP contribution in [0, 0.1) is 5.92 Å². The Morgan fingerprint density at radius 1 is 1.33 bits per heavy atom. The van der Waals surface area contributed by atoms with Gasteiger partial charge in [-0.25, -0.2) is 0 Å². The molecule has 0 spiro atoms. The van der Waals surface area contributed by atoms with Gasteiger partial charge in [-0.3, -0.25) is 9.59 Å². The van der Waals surface area contributed by atoms with Gasteiger partial charge in [0.15, 0.2) is 0 Å². The number of hydrogen-bond acceptors (Lipinski definition) is 3. The monoisotopic (exact) mass is 209 g/mol. The summed E-state index contributed by atoms with van der Waals surface area (Å²) < 4.78 is 2.81. The molecular formula is C10H15N3O2. The van der Waals surface area contributed by atoms with Crippen molar-refractivity contribution in [2.75, 3.05) is 13.1 Å². The second kappa shape index (κ2) is 4.02. The predicted molar refractivity (Wildman–Crippen MR) is 56.9 cm³/mol. The Kier molecular flexibility index (Phi) is 2.73. The summed E-state index contributed by atoms with van der Waals surface area (Å²) in [6.45, 7) is 2.69. The van der Waals surface area contributed by atoms with Gasteiger partial charge in [0.25, 0.3) is 0 Å². The van der Waals surface area contributed by atoms with E-state index in [1.165, 1.54) is 9.13 Å². The molecule has 1 N–H and O–H groups in total. The van der Waals surface area contributed by atoms with Gasteiger partial charge in [-0.15, -0.1) is 0 Å². The first-order valence-electron chi connectivity index (χ1n) is 5.15. The summed E-state index contributed by atoms with van der Waals surface area (Å²) in [7, 11) is 1.59. The van der Waals surface area contributed by atoms with E-state index in [9.17, 15) is 9.59 Å². The van der Waals surface area contributed by atoms with Crippen molar-refractivity contribution in [2.45, 2.75) is 13.0 Å². The molecule has 1 aromatic heterocycles. The van der Waals surface area contributed by atoms with E-state index in [2.05, 4.69) is 5.32 Å². The average molecular weight is 209 g/mol. The van der Waals surface area contributed by atoms with E-state index < -0.39 is 11.1 Å². The minimum absolute atomic E-state index is 0.424. The van der Waals surface area contributed by atoms with Crippen molar-refractivity contribution in [3.05, 3.63) is 33.1 Å². The van der Waals surface area contributed by atoms with Crippen molar-refractivity contribution >= 4 is 0 Å². The Hall–Kier alpha value is -1.36. The molecule has 5 heteroatoms. The first kappa shape index (κ1) is 10.2. The van der Waals surface area contributed by atoms with E-state index in [-0.39, 0.29) is 0 Å². The quantitative estimate of drug-likeness (QED) is 0.660. The molecular weight excluding hydrogens is 194 g/mol. The topological polar surface area (TPSA) is 56.0 Å². The van der Waals surface area contributed by atoms with Crippen LogP contribution in [0.4, 0.5) is 0 Å². The third-order valence-corrected chi connectivity index (χ3v) is 2.88. The Labute approximate surface area is 87.3 Å². The van der Waals surface area contributed by atoms with Gasteiger partial charge < -0.3 is 14.5 Å². The lowest BCUT2D eigenvalue weighted by Crippen LogP contribution is -2.44. The highest BCUT2D eigenvalue weighted by atomic mass is 16.2. The molecule has 0 aromatic carbocycles. The molecule has 0 atom stereocenters. The van der Waals surface area contributed by atoms with E-state index in [0.717, 1.165) is 19.5 Å². The van der Waals surface area contributed by atoms with Crippen LogP contribution in [0.15, 0.2) is 22.0 Å². The summed E-state index contributed by atoms with van der Waals surface area (Å²) in [5, 5.41) is 3.18. The largest absolute Gasteiger partial charge is 0.316 e. The van der Waals surface area contributed by atoms with Crippen LogP contribution in [-0.4, -0.2) is 22.2 Å². The Morgan fingerprint density at radius 3 is 2.67 bits per heavy atom. The zero-order chi connectivity index (χ0) is 10.8. The molecule has 1 saturated heterocycles. The summed E-state index contributed by atoms with van der Waals surface area (Å²) >= 11 is 0. The number of aromatic nitrogens is 2. The van der Waals surface area contributed by atoms with Crippen molar-refractivity contribution in [1.82, 2.24) is 14.5 Å². The lowest BCUT2D eigenvalue weighted by Gasteiger charge is -2.27. The molecule has 15 heavy (non-hydrogen) atoms. The minimum Gasteiger partial charge on any atom is -0.316 e. The van der Waals surface area contributed by atoms with Gasteiger partial charge in [-0.1, -0.05) is 0 Å².